The molecule has 1 aliphatic carbocycles. The van der Waals surface area contributed by atoms with Gasteiger partial charge in [-0.1, -0.05) is 0 Å². The summed E-state index contributed by atoms with van der Waals surface area (Å²) in [4.78, 5) is 25.0. The van der Waals surface area contributed by atoms with E-state index in [1.165, 1.54) is 4.90 Å². The minimum atomic E-state index is -0.171. The topological polar surface area (TPSA) is 80.4 Å². The lowest BCUT2D eigenvalue weighted by atomic mass is 10.3. The fraction of sp³-hybridized carbons (Fsp3) is 0.538. The van der Waals surface area contributed by atoms with E-state index in [0.717, 1.165) is 12.8 Å². The first-order valence-electron chi connectivity index (χ1n) is 6.44. The van der Waals surface area contributed by atoms with Crippen LogP contribution in [0.3, 0.4) is 0 Å². The van der Waals surface area contributed by atoms with Gasteiger partial charge in [-0.05, 0) is 18.9 Å². The van der Waals surface area contributed by atoms with Crippen molar-refractivity contribution in [3.8, 4) is 0 Å². The molecule has 0 bridgehead atoms. The summed E-state index contributed by atoms with van der Waals surface area (Å²) in [5.41, 5.74) is 6.92. The molecule has 1 aromatic rings. The normalized spacial score (nSPS) is 14.2. The number of carbonyl (C=O) groups excluding carboxylic acids is 2. The Balaban J connectivity index is 1.91. The summed E-state index contributed by atoms with van der Waals surface area (Å²) in [5.74, 6) is -0.174. The zero-order valence-corrected chi connectivity index (χ0v) is 11.3. The quantitative estimate of drug-likeness (QED) is 0.817. The summed E-state index contributed by atoms with van der Waals surface area (Å²) in [7, 11) is 3.40. The van der Waals surface area contributed by atoms with Gasteiger partial charge in [0, 0.05) is 39.3 Å². The molecule has 1 fully saturated rings. The van der Waals surface area contributed by atoms with Crippen LogP contribution in [0.5, 0.6) is 0 Å². The summed E-state index contributed by atoms with van der Waals surface area (Å²) >= 11 is 0. The van der Waals surface area contributed by atoms with Gasteiger partial charge >= 0.3 is 0 Å². The molecule has 0 saturated heterocycles. The third-order valence-electron chi connectivity index (χ3n) is 3.17. The molecule has 0 aromatic carbocycles. The predicted molar refractivity (Wildman–Crippen MR) is 72.8 cm³/mol. The first-order valence-corrected chi connectivity index (χ1v) is 6.44. The van der Waals surface area contributed by atoms with Crippen LogP contribution >= 0.6 is 0 Å². The van der Waals surface area contributed by atoms with Crippen molar-refractivity contribution in [2.24, 2.45) is 0 Å². The second kappa shape index (κ2) is 5.34. The number of hydrogen-bond donors (Lipinski definition) is 2. The van der Waals surface area contributed by atoms with Crippen LogP contribution in [0.1, 0.15) is 35.8 Å². The lowest BCUT2D eigenvalue weighted by molar-refractivity contribution is -0.128. The fourth-order valence-corrected chi connectivity index (χ4v) is 1.93. The number of rotatable bonds is 5. The number of aromatic nitrogens is 1. The minimum Gasteiger partial charge on any atom is -0.397 e. The number of nitrogens with one attached hydrogen (secondary N) is 1. The Morgan fingerprint density at radius 3 is 2.74 bits per heavy atom. The van der Waals surface area contributed by atoms with Crippen molar-refractivity contribution in [2.75, 3.05) is 26.4 Å². The van der Waals surface area contributed by atoms with E-state index in [0.29, 0.717) is 30.4 Å². The maximum absolute atomic E-state index is 12.1. The van der Waals surface area contributed by atoms with E-state index in [2.05, 4.69) is 5.32 Å². The van der Waals surface area contributed by atoms with Gasteiger partial charge in [-0.3, -0.25) is 9.59 Å². The SMILES string of the molecule is CN(C)C(=O)CCNC(=O)c1cc(N)cn1C1CC1. The van der Waals surface area contributed by atoms with Crippen molar-refractivity contribution in [1.82, 2.24) is 14.8 Å². The predicted octanol–water partition coefficient (Wildman–Crippen LogP) is 0.613. The highest BCUT2D eigenvalue weighted by Crippen LogP contribution is 2.37. The van der Waals surface area contributed by atoms with Gasteiger partial charge in [0.15, 0.2) is 0 Å². The highest BCUT2D eigenvalue weighted by Gasteiger charge is 2.27. The van der Waals surface area contributed by atoms with Gasteiger partial charge in [0.25, 0.3) is 5.91 Å². The Morgan fingerprint density at radius 1 is 1.47 bits per heavy atom. The number of carbonyl (C=O) groups is 2. The molecule has 2 amide bonds. The second-order valence-corrected chi connectivity index (χ2v) is 5.09. The van der Waals surface area contributed by atoms with Crippen molar-refractivity contribution in [2.45, 2.75) is 25.3 Å². The largest absolute Gasteiger partial charge is 0.397 e. The first-order chi connectivity index (χ1) is 8.99. The van der Waals surface area contributed by atoms with Crippen LogP contribution < -0.4 is 11.1 Å². The van der Waals surface area contributed by atoms with Crippen molar-refractivity contribution >= 4 is 17.5 Å². The van der Waals surface area contributed by atoms with Gasteiger partial charge < -0.3 is 20.5 Å². The monoisotopic (exact) mass is 264 g/mol. The average Bonchev–Trinajstić information content (AvgIpc) is 3.12. The molecule has 2 rings (SSSR count). The van der Waals surface area contributed by atoms with Crippen LogP contribution in [0.25, 0.3) is 0 Å². The number of anilines is 1. The van der Waals surface area contributed by atoms with Gasteiger partial charge in [-0.15, -0.1) is 0 Å². The first kappa shape index (κ1) is 13.5. The van der Waals surface area contributed by atoms with Crippen molar-refractivity contribution < 1.29 is 9.59 Å². The lowest BCUT2D eigenvalue weighted by Gasteiger charge is -2.11. The van der Waals surface area contributed by atoms with Gasteiger partial charge in [-0.25, -0.2) is 0 Å². The number of nitrogens with zero attached hydrogens (tertiary/aromatic N) is 2. The Bertz CT molecular complexity index is 489. The number of nitrogens with two attached hydrogens (primary N) is 1. The van der Waals surface area contributed by atoms with Gasteiger partial charge in [0.05, 0.1) is 5.69 Å². The molecule has 104 valence electrons. The molecule has 19 heavy (non-hydrogen) atoms. The zero-order valence-electron chi connectivity index (χ0n) is 11.3. The maximum Gasteiger partial charge on any atom is 0.268 e. The standard InChI is InChI=1S/C13H20N4O2/c1-16(2)12(18)5-6-15-13(19)11-7-9(14)8-17(11)10-3-4-10/h7-8,10H,3-6,14H2,1-2H3,(H,15,19). The third-order valence-corrected chi connectivity index (χ3v) is 3.17. The average molecular weight is 264 g/mol. The molecule has 6 nitrogen and oxygen atoms in total. The van der Waals surface area contributed by atoms with Gasteiger partial charge in [0.2, 0.25) is 5.91 Å². The molecule has 0 aliphatic heterocycles. The van der Waals surface area contributed by atoms with Crippen LogP contribution in [0.4, 0.5) is 5.69 Å². The van der Waals surface area contributed by atoms with Crippen LogP contribution in [-0.2, 0) is 4.79 Å². The highest BCUT2D eigenvalue weighted by atomic mass is 16.2. The third kappa shape index (κ3) is 3.27. The Labute approximate surface area is 112 Å². The van der Waals surface area contributed by atoms with E-state index in [1.54, 1.807) is 26.4 Å². The van der Waals surface area contributed by atoms with E-state index in [4.69, 9.17) is 5.73 Å². The van der Waals surface area contributed by atoms with Crippen molar-refractivity contribution in [3.05, 3.63) is 18.0 Å². The highest BCUT2D eigenvalue weighted by molar-refractivity contribution is 5.94. The summed E-state index contributed by atoms with van der Waals surface area (Å²) in [6.07, 6.45) is 4.29. The van der Waals surface area contributed by atoms with Crippen LogP contribution in [-0.4, -0.2) is 41.9 Å². The van der Waals surface area contributed by atoms with Crippen LogP contribution in [0.2, 0.25) is 0 Å². The van der Waals surface area contributed by atoms with E-state index in [1.807, 2.05) is 4.57 Å². The molecule has 1 saturated carbocycles. The molecule has 6 heteroatoms. The molecule has 1 aliphatic rings. The lowest BCUT2D eigenvalue weighted by Crippen LogP contribution is -2.31. The molecular weight excluding hydrogens is 244 g/mol. The second-order valence-electron chi connectivity index (χ2n) is 5.09. The molecule has 3 N–H and O–H groups in total. The molecule has 1 aromatic heterocycles. The van der Waals surface area contributed by atoms with E-state index < -0.39 is 0 Å². The van der Waals surface area contributed by atoms with Crippen LogP contribution in [0.15, 0.2) is 12.3 Å². The van der Waals surface area contributed by atoms with E-state index in [-0.39, 0.29) is 11.8 Å². The van der Waals surface area contributed by atoms with Crippen LogP contribution in [0, 0.1) is 0 Å². The van der Waals surface area contributed by atoms with E-state index in [9.17, 15) is 9.59 Å². The van der Waals surface area contributed by atoms with E-state index >= 15 is 0 Å². The summed E-state index contributed by atoms with van der Waals surface area (Å²) in [5, 5.41) is 2.76. The van der Waals surface area contributed by atoms with Crippen molar-refractivity contribution in [1.29, 1.82) is 0 Å². The Morgan fingerprint density at radius 2 is 2.16 bits per heavy atom. The molecule has 1 heterocycles. The summed E-state index contributed by atoms with van der Waals surface area (Å²) in [6.45, 7) is 0.339. The zero-order chi connectivity index (χ0) is 14.0. The Kier molecular flexibility index (Phi) is 3.78. The molecule has 0 unspecified atom stereocenters. The number of amides is 2. The number of nitrogen functional groups attached to an aromatic ring is 1. The smallest absolute Gasteiger partial charge is 0.268 e. The van der Waals surface area contributed by atoms with Gasteiger partial charge in [-0.2, -0.15) is 0 Å². The molecule has 0 spiro atoms. The van der Waals surface area contributed by atoms with Gasteiger partial charge in [0.1, 0.15) is 5.69 Å². The summed E-state index contributed by atoms with van der Waals surface area (Å²) in [6, 6.07) is 2.09. The fourth-order valence-electron chi connectivity index (χ4n) is 1.93. The number of hydrogen-bond acceptors (Lipinski definition) is 3. The Hall–Kier alpha value is -1.98. The minimum absolute atomic E-state index is 0.00242. The molecular formula is C13H20N4O2. The summed E-state index contributed by atoms with van der Waals surface area (Å²) < 4.78 is 1.93. The van der Waals surface area contributed by atoms with Crippen molar-refractivity contribution in [3.63, 3.8) is 0 Å². The molecule has 0 atom stereocenters. The molecule has 0 radical (unpaired) electrons. The maximum atomic E-state index is 12.1.